The van der Waals surface area contributed by atoms with Crippen molar-refractivity contribution in [3.8, 4) is 0 Å². The number of hydrogen-bond acceptors (Lipinski definition) is 2. The molecule has 2 heterocycles. The van der Waals surface area contributed by atoms with Gasteiger partial charge in [0.15, 0.2) is 0 Å². The molecule has 0 unspecified atom stereocenters. The molecule has 0 fully saturated rings. The molecule has 2 N–H and O–H groups in total. The van der Waals surface area contributed by atoms with Crippen molar-refractivity contribution in [1.82, 2.24) is 9.55 Å². The van der Waals surface area contributed by atoms with Crippen molar-refractivity contribution in [2.45, 2.75) is 25.8 Å². The van der Waals surface area contributed by atoms with Gasteiger partial charge in [-0.3, -0.25) is 0 Å². The van der Waals surface area contributed by atoms with Gasteiger partial charge in [0.2, 0.25) is 0 Å². The van der Waals surface area contributed by atoms with Gasteiger partial charge in [0.1, 0.15) is 5.82 Å². The number of aryl methyl sites for hydroxylation is 2. The summed E-state index contributed by atoms with van der Waals surface area (Å²) in [6, 6.07) is 5.99. The van der Waals surface area contributed by atoms with Crippen LogP contribution in [0.15, 0.2) is 18.2 Å². The Balaban J connectivity index is 2.31. The average Bonchev–Trinajstić information content (AvgIpc) is 2.54. The third kappa shape index (κ3) is 1.02. The Hall–Kier alpha value is -1.51. The van der Waals surface area contributed by atoms with Crippen molar-refractivity contribution in [3.05, 3.63) is 24.0 Å². The molecular formula is C11H13N3. The molecule has 3 nitrogen and oxygen atoms in total. The molecule has 0 saturated carbocycles. The molecule has 0 atom stereocenters. The molecule has 0 radical (unpaired) electrons. The minimum absolute atomic E-state index is 0.799. The summed E-state index contributed by atoms with van der Waals surface area (Å²) in [5.41, 5.74) is 8.81. The fraction of sp³-hybridized carbons (Fsp3) is 0.364. The molecule has 1 aliphatic rings. The van der Waals surface area contributed by atoms with Crippen LogP contribution < -0.4 is 5.73 Å². The van der Waals surface area contributed by atoms with Crippen LogP contribution in [0.1, 0.15) is 18.7 Å². The van der Waals surface area contributed by atoms with Crippen LogP contribution >= 0.6 is 0 Å². The van der Waals surface area contributed by atoms with E-state index in [4.69, 9.17) is 5.73 Å². The van der Waals surface area contributed by atoms with Crippen LogP contribution in [0, 0.1) is 0 Å². The molecule has 1 aromatic heterocycles. The van der Waals surface area contributed by atoms with Crippen LogP contribution in [0.2, 0.25) is 0 Å². The summed E-state index contributed by atoms with van der Waals surface area (Å²) in [6.07, 6.45) is 3.64. The second-order valence-corrected chi connectivity index (χ2v) is 3.88. The minimum atomic E-state index is 0.799. The number of fused-ring (bicyclic) bond motifs is 3. The van der Waals surface area contributed by atoms with E-state index in [1.165, 1.54) is 24.2 Å². The lowest BCUT2D eigenvalue weighted by atomic mass is 10.2. The third-order valence-electron chi connectivity index (χ3n) is 2.88. The monoisotopic (exact) mass is 187 g/mol. The van der Waals surface area contributed by atoms with Crippen LogP contribution in [0.25, 0.3) is 11.0 Å². The Labute approximate surface area is 82.5 Å². The summed E-state index contributed by atoms with van der Waals surface area (Å²) >= 11 is 0. The van der Waals surface area contributed by atoms with Gasteiger partial charge in [0.05, 0.1) is 11.0 Å². The molecule has 1 aromatic carbocycles. The SMILES string of the molecule is Nc1ccc2c(c1)nc1n2CCCC1. The Morgan fingerprint density at radius 2 is 2.21 bits per heavy atom. The Morgan fingerprint density at radius 3 is 3.14 bits per heavy atom. The number of hydrogen-bond donors (Lipinski definition) is 1. The van der Waals surface area contributed by atoms with E-state index in [0.29, 0.717) is 0 Å². The Kier molecular flexibility index (Phi) is 1.54. The van der Waals surface area contributed by atoms with Crippen LogP contribution in [0.4, 0.5) is 5.69 Å². The van der Waals surface area contributed by atoms with Gasteiger partial charge in [0, 0.05) is 18.7 Å². The normalized spacial score (nSPS) is 15.7. The number of aromatic nitrogens is 2. The van der Waals surface area contributed by atoms with Gasteiger partial charge in [-0.1, -0.05) is 0 Å². The highest BCUT2D eigenvalue weighted by Gasteiger charge is 2.13. The highest BCUT2D eigenvalue weighted by atomic mass is 15.1. The number of rotatable bonds is 0. The molecule has 1 aliphatic heterocycles. The summed E-state index contributed by atoms with van der Waals surface area (Å²) < 4.78 is 2.32. The standard InChI is InChI=1S/C11H13N3/c12-8-4-5-10-9(7-8)13-11-3-1-2-6-14(10)11/h4-5,7H,1-3,6,12H2. The number of nitrogens with zero attached hydrogens (tertiary/aromatic N) is 2. The molecule has 3 heteroatoms. The Morgan fingerprint density at radius 1 is 1.29 bits per heavy atom. The van der Waals surface area contributed by atoms with Gasteiger partial charge in [-0.25, -0.2) is 4.98 Å². The van der Waals surface area contributed by atoms with E-state index in [9.17, 15) is 0 Å². The maximum Gasteiger partial charge on any atom is 0.109 e. The minimum Gasteiger partial charge on any atom is -0.399 e. The first-order chi connectivity index (χ1) is 6.84. The predicted octanol–water partition coefficient (Wildman–Crippen LogP) is 1.95. The summed E-state index contributed by atoms with van der Waals surface area (Å²) in [6.45, 7) is 1.11. The lowest BCUT2D eigenvalue weighted by molar-refractivity contribution is 0.533. The molecule has 0 spiro atoms. The van der Waals surface area contributed by atoms with E-state index in [0.717, 1.165) is 24.2 Å². The topological polar surface area (TPSA) is 43.8 Å². The van der Waals surface area contributed by atoms with Crippen molar-refractivity contribution in [2.24, 2.45) is 0 Å². The lowest BCUT2D eigenvalue weighted by Gasteiger charge is -2.13. The number of benzene rings is 1. The van der Waals surface area contributed by atoms with Gasteiger partial charge in [-0.05, 0) is 31.0 Å². The zero-order valence-electron chi connectivity index (χ0n) is 8.03. The Bertz CT molecular complexity index is 484. The smallest absolute Gasteiger partial charge is 0.109 e. The molecular weight excluding hydrogens is 174 g/mol. The van der Waals surface area contributed by atoms with Crippen molar-refractivity contribution in [1.29, 1.82) is 0 Å². The van der Waals surface area contributed by atoms with E-state index >= 15 is 0 Å². The molecule has 72 valence electrons. The number of nitrogens with two attached hydrogens (primary N) is 1. The van der Waals surface area contributed by atoms with Crippen LogP contribution in [-0.2, 0) is 13.0 Å². The molecule has 0 amide bonds. The van der Waals surface area contributed by atoms with Gasteiger partial charge in [0.25, 0.3) is 0 Å². The maximum absolute atomic E-state index is 5.73. The number of imidazole rings is 1. The summed E-state index contributed by atoms with van der Waals surface area (Å²) in [5.74, 6) is 1.22. The van der Waals surface area contributed by atoms with E-state index in [2.05, 4.69) is 15.6 Å². The van der Waals surface area contributed by atoms with Crippen molar-refractivity contribution < 1.29 is 0 Å². The first kappa shape index (κ1) is 7.85. The van der Waals surface area contributed by atoms with E-state index in [-0.39, 0.29) is 0 Å². The van der Waals surface area contributed by atoms with E-state index < -0.39 is 0 Å². The van der Waals surface area contributed by atoms with Gasteiger partial charge in [-0.15, -0.1) is 0 Å². The van der Waals surface area contributed by atoms with Gasteiger partial charge in [-0.2, -0.15) is 0 Å². The molecule has 0 aliphatic carbocycles. The van der Waals surface area contributed by atoms with E-state index in [1.54, 1.807) is 0 Å². The first-order valence-corrected chi connectivity index (χ1v) is 5.09. The molecule has 0 saturated heterocycles. The van der Waals surface area contributed by atoms with Crippen molar-refractivity contribution >= 4 is 16.7 Å². The fourth-order valence-corrected chi connectivity index (χ4v) is 2.19. The highest BCUT2D eigenvalue weighted by Crippen LogP contribution is 2.23. The maximum atomic E-state index is 5.73. The van der Waals surface area contributed by atoms with Gasteiger partial charge >= 0.3 is 0 Å². The predicted molar refractivity (Wildman–Crippen MR) is 57.1 cm³/mol. The summed E-state index contributed by atoms with van der Waals surface area (Å²) in [5, 5.41) is 0. The number of anilines is 1. The summed E-state index contributed by atoms with van der Waals surface area (Å²) in [7, 11) is 0. The second kappa shape index (κ2) is 2.74. The number of nitrogen functional groups attached to an aromatic ring is 1. The second-order valence-electron chi connectivity index (χ2n) is 3.88. The quantitative estimate of drug-likeness (QED) is 0.641. The van der Waals surface area contributed by atoms with Crippen LogP contribution in [-0.4, -0.2) is 9.55 Å². The highest BCUT2D eigenvalue weighted by molar-refractivity contribution is 5.79. The molecule has 3 rings (SSSR count). The van der Waals surface area contributed by atoms with Crippen LogP contribution in [0.5, 0.6) is 0 Å². The van der Waals surface area contributed by atoms with Crippen LogP contribution in [0.3, 0.4) is 0 Å². The molecule has 0 bridgehead atoms. The summed E-state index contributed by atoms with van der Waals surface area (Å²) in [4.78, 5) is 4.60. The van der Waals surface area contributed by atoms with E-state index in [1.807, 2.05) is 12.1 Å². The largest absolute Gasteiger partial charge is 0.399 e. The first-order valence-electron chi connectivity index (χ1n) is 5.09. The lowest BCUT2D eigenvalue weighted by Crippen LogP contribution is -2.09. The van der Waals surface area contributed by atoms with Crippen molar-refractivity contribution in [3.63, 3.8) is 0 Å². The third-order valence-corrected chi connectivity index (χ3v) is 2.88. The average molecular weight is 187 g/mol. The zero-order valence-corrected chi connectivity index (χ0v) is 8.03. The van der Waals surface area contributed by atoms with Gasteiger partial charge < -0.3 is 10.3 Å². The fourth-order valence-electron chi connectivity index (χ4n) is 2.19. The molecule has 2 aromatic rings. The van der Waals surface area contributed by atoms with Crippen molar-refractivity contribution in [2.75, 3.05) is 5.73 Å². The molecule has 14 heavy (non-hydrogen) atoms. The zero-order chi connectivity index (χ0) is 9.54.